The highest BCUT2D eigenvalue weighted by Gasteiger charge is 2.30. The molecule has 0 aromatic rings. The molecule has 0 heterocycles. The summed E-state index contributed by atoms with van der Waals surface area (Å²) in [6, 6.07) is 0. The number of amides is 2. The van der Waals surface area contributed by atoms with Crippen LogP contribution in [0.2, 0.25) is 0 Å². The molecule has 13 heavy (non-hydrogen) atoms. The van der Waals surface area contributed by atoms with Gasteiger partial charge in [-0.1, -0.05) is 0 Å². The van der Waals surface area contributed by atoms with Crippen molar-refractivity contribution in [3.63, 3.8) is 0 Å². The molecule has 0 unspecified atom stereocenters. The smallest absolute Gasteiger partial charge is 0.360 e. The van der Waals surface area contributed by atoms with Gasteiger partial charge in [-0.25, -0.2) is 0 Å². The van der Waals surface area contributed by atoms with Crippen LogP contribution in [0.1, 0.15) is 13.8 Å². The molecule has 0 saturated heterocycles. The van der Waals surface area contributed by atoms with Crippen LogP contribution in [0.3, 0.4) is 0 Å². The number of nitrogens with zero attached hydrogens (tertiary/aromatic N) is 3. The Hall–Kier alpha value is -1.81. The summed E-state index contributed by atoms with van der Waals surface area (Å²) in [5, 5.41) is 0. The summed E-state index contributed by atoms with van der Waals surface area (Å²) in [4.78, 5) is 35.7. The molecule has 0 aliphatic rings. The first-order chi connectivity index (χ1) is 5.91. The van der Waals surface area contributed by atoms with E-state index in [0.29, 0.717) is 4.90 Å². The number of carbonyl (C=O) groups is 3. The van der Waals surface area contributed by atoms with Gasteiger partial charge in [-0.05, 0) is 0 Å². The van der Waals surface area contributed by atoms with Gasteiger partial charge in [0.15, 0.2) is 0 Å². The van der Waals surface area contributed by atoms with Crippen molar-refractivity contribution < 1.29 is 19.2 Å². The molecule has 0 N–H and O–H groups in total. The van der Waals surface area contributed by atoms with Crippen LogP contribution in [0.25, 0.3) is 5.53 Å². The first-order valence-corrected chi connectivity index (χ1v) is 3.43. The van der Waals surface area contributed by atoms with Gasteiger partial charge in [0.25, 0.3) is 0 Å². The maximum absolute atomic E-state index is 11.2. The van der Waals surface area contributed by atoms with Gasteiger partial charge in [0.05, 0.1) is 0 Å². The van der Waals surface area contributed by atoms with Gasteiger partial charge in [-0.15, -0.1) is 0 Å². The zero-order chi connectivity index (χ0) is 10.6. The van der Waals surface area contributed by atoms with E-state index in [2.05, 4.69) is 4.79 Å². The number of imide groups is 1. The lowest BCUT2D eigenvalue weighted by molar-refractivity contribution is -0.140. The summed E-state index contributed by atoms with van der Waals surface area (Å²) in [5.41, 5.74) is 7.65. The van der Waals surface area contributed by atoms with Gasteiger partial charge in [-0.3, -0.25) is 19.3 Å². The number of Topliss-reactive ketones (excluding diaryl/α,β-unsaturated/α-hetero) is 1. The van der Waals surface area contributed by atoms with Crippen LogP contribution < -0.4 is 0 Å². The molecule has 0 aromatic carbocycles. The summed E-state index contributed by atoms with van der Waals surface area (Å²) in [6.45, 7) is 2.23. The Morgan fingerprint density at radius 1 is 1.23 bits per heavy atom. The van der Waals surface area contributed by atoms with Crippen LogP contribution in [0, 0.1) is 0 Å². The third kappa shape index (κ3) is 2.61. The Kier molecular flexibility index (Phi) is 3.68. The molecule has 0 spiro atoms. The first-order valence-electron chi connectivity index (χ1n) is 3.43. The van der Waals surface area contributed by atoms with Crippen LogP contribution >= 0.6 is 0 Å². The highest BCUT2D eigenvalue weighted by Crippen LogP contribution is 1.88. The molecule has 70 valence electrons. The number of ketones is 1. The average molecular weight is 183 g/mol. The fourth-order valence-corrected chi connectivity index (χ4v) is 0.566. The fourth-order valence-electron chi connectivity index (χ4n) is 0.566. The van der Waals surface area contributed by atoms with Crippen LogP contribution in [0.4, 0.5) is 0 Å². The maximum Gasteiger partial charge on any atom is 0.421 e. The predicted molar refractivity (Wildman–Crippen MR) is 42.8 cm³/mol. The summed E-state index contributed by atoms with van der Waals surface area (Å²) >= 11 is 0. The minimum absolute atomic E-state index is 0.535. The van der Waals surface area contributed by atoms with Crippen molar-refractivity contribution in [2.75, 3.05) is 7.05 Å². The molecule has 0 saturated carbocycles. The van der Waals surface area contributed by atoms with Gasteiger partial charge >= 0.3 is 11.6 Å². The molecule has 0 aliphatic carbocycles. The van der Waals surface area contributed by atoms with Crippen molar-refractivity contribution in [1.82, 2.24) is 4.90 Å². The number of rotatable bonds is 2. The van der Waals surface area contributed by atoms with Crippen molar-refractivity contribution in [3.05, 3.63) is 5.53 Å². The molecular weight excluding hydrogens is 174 g/mol. The fraction of sp³-hybridized carbons (Fsp3) is 0.429. The Morgan fingerprint density at radius 2 is 1.69 bits per heavy atom. The number of hydrogen-bond donors (Lipinski definition) is 0. The predicted octanol–water partition coefficient (Wildman–Crippen LogP) is -0.749. The summed E-state index contributed by atoms with van der Waals surface area (Å²) in [7, 11) is 1.19. The quantitative estimate of drug-likeness (QED) is 0.244. The molecule has 0 fully saturated rings. The SMILES string of the molecule is CC(=O)C(=[N+]=[N-])C(=O)N(C)C(C)=O. The van der Waals surface area contributed by atoms with Crippen LogP contribution in [0.5, 0.6) is 0 Å². The van der Waals surface area contributed by atoms with E-state index in [1.807, 2.05) is 0 Å². The van der Waals surface area contributed by atoms with E-state index in [9.17, 15) is 14.4 Å². The van der Waals surface area contributed by atoms with Crippen LogP contribution in [-0.2, 0) is 14.4 Å². The summed E-state index contributed by atoms with van der Waals surface area (Å²) in [5.74, 6) is -2.14. The van der Waals surface area contributed by atoms with E-state index >= 15 is 0 Å². The topological polar surface area (TPSA) is 90.8 Å². The molecule has 0 rings (SSSR count). The molecule has 0 bridgehead atoms. The largest absolute Gasteiger partial charge is 0.421 e. The first kappa shape index (κ1) is 11.2. The Morgan fingerprint density at radius 3 is 1.92 bits per heavy atom. The Balaban J connectivity index is 4.89. The van der Waals surface area contributed by atoms with E-state index in [-0.39, 0.29) is 0 Å². The zero-order valence-electron chi connectivity index (χ0n) is 7.57. The van der Waals surface area contributed by atoms with Crippen molar-refractivity contribution in [1.29, 1.82) is 0 Å². The minimum atomic E-state index is -0.914. The monoisotopic (exact) mass is 183 g/mol. The highest BCUT2D eigenvalue weighted by atomic mass is 16.2. The van der Waals surface area contributed by atoms with Crippen molar-refractivity contribution >= 4 is 23.3 Å². The summed E-state index contributed by atoms with van der Waals surface area (Å²) in [6.07, 6.45) is 0. The molecular formula is C7H9N3O3. The second-order valence-electron chi connectivity index (χ2n) is 2.39. The zero-order valence-corrected chi connectivity index (χ0v) is 7.57. The second-order valence-corrected chi connectivity index (χ2v) is 2.39. The van der Waals surface area contributed by atoms with E-state index in [1.165, 1.54) is 7.05 Å². The third-order valence-corrected chi connectivity index (χ3v) is 1.41. The van der Waals surface area contributed by atoms with E-state index in [1.54, 1.807) is 0 Å². The van der Waals surface area contributed by atoms with Gasteiger partial charge in [-0.2, -0.15) is 4.79 Å². The lowest BCUT2D eigenvalue weighted by Crippen LogP contribution is -2.39. The number of hydrogen-bond acceptors (Lipinski definition) is 3. The second kappa shape index (κ2) is 4.27. The molecule has 0 aromatic heterocycles. The molecule has 0 aliphatic heterocycles. The Bertz CT molecular complexity index is 315. The minimum Gasteiger partial charge on any atom is -0.360 e. The highest BCUT2D eigenvalue weighted by molar-refractivity contribution is 6.63. The maximum atomic E-state index is 11.2. The Labute approximate surface area is 74.8 Å². The lowest BCUT2D eigenvalue weighted by atomic mass is 10.2. The molecule has 6 heteroatoms. The standard InChI is InChI=1S/C7H9N3O3/c1-4(11)6(9-8)7(13)10(3)5(2)12/h1-3H3. The van der Waals surface area contributed by atoms with E-state index < -0.39 is 23.3 Å². The van der Waals surface area contributed by atoms with E-state index in [4.69, 9.17) is 5.53 Å². The van der Waals surface area contributed by atoms with Gasteiger partial charge < -0.3 is 5.53 Å². The third-order valence-electron chi connectivity index (χ3n) is 1.41. The van der Waals surface area contributed by atoms with Crippen molar-refractivity contribution in [3.8, 4) is 0 Å². The van der Waals surface area contributed by atoms with Gasteiger partial charge in [0, 0.05) is 20.9 Å². The van der Waals surface area contributed by atoms with Crippen molar-refractivity contribution in [2.45, 2.75) is 13.8 Å². The van der Waals surface area contributed by atoms with Crippen molar-refractivity contribution in [2.24, 2.45) is 0 Å². The summed E-state index contributed by atoms with van der Waals surface area (Å²) < 4.78 is 0. The average Bonchev–Trinajstić information content (AvgIpc) is 2.03. The van der Waals surface area contributed by atoms with Crippen LogP contribution in [-0.4, -0.2) is 40.0 Å². The molecule has 6 nitrogen and oxygen atoms in total. The molecule has 2 amide bonds. The normalized spacial score (nSPS) is 8.54. The molecule has 0 radical (unpaired) electrons. The molecule has 0 atom stereocenters. The van der Waals surface area contributed by atoms with Gasteiger partial charge in [0.1, 0.15) is 0 Å². The van der Waals surface area contributed by atoms with E-state index in [0.717, 1.165) is 13.8 Å². The van der Waals surface area contributed by atoms with Crippen LogP contribution in [0.15, 0.2) is 0 Å². The van der Waals surface area contributed by atoms with Gasteiger partial charge in [0.2, 0.25) is 11.7 Å². The number of carbonyl (C=O) groups excluding carboxylic acids is 3. The lowest BCUT2D eigenvalue weighted by Gasteiger charge is -2.07.